The van der Waals surface area contributed by atoms with Gasteiger partial charge in [-0.2, -0.15) is 18.3 Å². The Bertz CT molecular complexity index is 1380. The molecule has 0 spiro atoms. The molecule has 6 nitrogen and oxygen atoms in total. The number of alkyl halides is 3. The summed E-state index contributed by atoms with van der Waals surface area (Å²) < 4.78 is 41.2. The van der Waals surface area contributed by atoms with Gasteiger partial charge >= 0.3 is 6.18 Å². The summed E-state index contributed by atoms with van der Waals surface area (Å²) in [5, 5.41) is 9.87. The maximum absolute atomic E-state index is 13.2. The fourth-order valence-electron chi connectivity index (χ4n) is 3.69. The van der Waals surface area contributed by atoms with Gasteiger partial charge in [0.25, 0.3) is 11.8 Å². The normalized spacial score (nSPS) is 11.2. The van der Waals surface area contributed by atoms with Crippen LogP contribution in [0.1, 0.15) is 31.8 Å². The van der Waals surface area contributed by atoms with Gasteiger partial charge in [0.1, 0.15) is 5.82 Å². The molecule has 1 heterocycles. The van der Waals surface area contributed by atoms with Crippen molar-refractivity contribution in [2.24, 2.45) is 7.05 Å². The van der Waals surface area contributed by atoms with E-state index in [4.69, 9.17) is 0 Å². The van der Waals surface area contributed by atoms with Gasteiger partial charge in [0, 0.05) is 29.4 Å². The lowest BCUT2D eigenvalue weighted by atomic mass is 10.1. The SMILES string of the molecule is Cc1c(-c2ccc(NC(=O)c3ccccc3C(F)(F)F)cc2)nn(C)c1NC(=O)c1ccccc1. The van der Waals surface area contributed by atoms with Crippen molar-refractivity contribution in [3.05, 3.63) is 101 Å². The molecular formula is C26H21F3N4O2. The fourth-order valence-corrected chi connectivity index (χ4v) is 3.69. The minimum Gasteiger partial charge on any atom is -0.322 e. The standard InChI is InChI=1S/C26H21F3N4O2/c1-16-22(32-33(2)23(16)31-24(34)18-8-4-3-5-9-18)17-12-14-19(15-13-17)30-25(35)20-10-6-7-11-21(20)26(27,28)29/h3-15H,1-2H3,(H,30,35)(H,31,34). The van der Waals surface area contributed by atoms with E-state index in [2.05, 4.69) is 15.7 Å². The first-order valence-corrected chi connectivity index (χ1v) is 10.6. The van der Waals surface area contributed by atoms with Gasteiger partial charge in [-0.05, 0) is 43.3 Å². The first-order valence-electron chi connectivity index (χ1n) is 10.6. The number of aromatic nitrogens is 2. The molecule has 4 aromatic rings. The molecule has 2 N–H and O–H groups in total. The van der Waals surface area contributed by atoms with Crippen molar-refractivity contribution >= 4 is 23.3 Å². The number of aryl methyl sites for hydroxylation is 1. The highest BCUT2D eigenvalue weighted by atomic mass is 19.4. The lowest BCUT2D eigenvalue weighted by Gasteiger charge is -2.12. The first kappa shape index (κ1) is 23.7. The summed E-state index contributed by atoms with van der Waals surface area (Å²) in [5.41, 5.74) is 1.48. The molecule has 0 aliphatic rings. The monoisotopic (exact) mass is 478 g/mol. The third-order valence-corrected chi connectivity index (χ3v) is 5.45. The number of benzene rings is 3. The summed E-state index contributed by atoms with van der Waals surface area (Å²) in [6, 6.07) is 20.0. The smallest absolute Gasteiger partial charge is 0.322 e. The lowest BCUT2D eigenvalue weighted by Crippen LogP contribution is -2.18. The van der Waals surface area contributed by atoms with Crippen molar-refractivity contribution in [1.82, 2.24) is 9.78 Å². The van der Waals surface area contributed by atoms with E-state index in [0.29, 0.717) is 28.3 Å². The third-order valence-electron chi connectivity index (χ3n) is 5.45. The molecule has 4 rings (SSSR count). The molecule has 35 heavy (non-hydrogen) atoms. The van der Waals surface area contributed by atoms with Crippen LogP contribution in [-0.2, 0) is 13.2 Å². The number of halogens is 3. The molecule has 0 radical (unpaired) electrons. The van der Waals surface area contributed by atoms with Crippen LogP contribution in [0.4, 0.5) is 24.7 Å². The van der Waals surface area contributed by atoms with Crippen LogP contribution in [-0.4, -0.2) is 21.6 Å². The van der Waals surface area contributed by atoms with Crippen LogP contribution in [0.15, 0.2) is 78.9 Å². The summed E-state index contributed by atoms with van der Waals surface area (Å²) in [6.45, 7) is 1.83. The molecule has 0 aliphatic carbocycles. The Labute approximate surface area is 199 Å². The summed E-state index contributed by atoms with van der Waals surface area (Å²) in [7, 11) is 1.71. The van der Waals surface area contributed by atoms with E-state index in [1.807, 2.05) is 13.0 Å². The Morgan fingerprint density at radius 1 is 0.829 bits per heavy atom. The van der Waals surface area contributed by atoms with Gasteiger partial charge in [0.2, 0.25) is 0 Å². The quantitative estimate of drug-likeness (QED) is 0.374. The van der Waals surface area contributed by atoms with E-state index < -0.39 is 23.2 Å². The maximum Gasteiger partial charge on any atom is 0.417 e. The predicted octanol–water partition coefficient (Wildman–Crippen LogP) is 5.92. The molecule has 0 fully saturated rings. The summed E-state index contributed by atoms with van der Waals surface area (Å²) in [4.78, 5) is 25.0. The summed E-state index contributed by atoms with van der Waals surface area (Å²) >= 11 is 0. The van der Waals surface area contributed by atoms with E-state index in [9.17, 15) is 22.8 Å². The van der Waals surface area contributed by atoms with Gasteiger partial charge in [-0.3, -0.25) is 14.3 Å². The van der Waals surface area contributed by atoms with Crippen LogP contribution in [0.25, 0.3) is 11.3 Å². The van der Waals surface area contributed by atoms with Gasteiger partial charge in [0.05, 0.1) is 16.8 Å². The van der Waals surface area contributed by atoms with Crippen LogP contribution in [0, 0.1) is 6.92 Å². The van der Waals surface area contributed by atoms with Crippen LogP contribution < -0.4 is 10.6 Å². The topological polar surface area (TPSA) is 76.0 Å². The van der Waals surface area contributed by atoms with Crippen molar-refractivity contribution in [3.63, 3.8) is 0 Å². The van der Waals surface area contributed by atoms with E-state index >= 15 is 0 Å². The molecule has 0 atom stereocenters. The number of carbonyl (C=O) groups is 2. The third kappa shape index (κ3) is 5.08. The van der Waals surface area contributed by atoms with Gasteiger partial charge < -0.3 is 10.6 Å². The molecule has 178 valence electrons. The van der Waals surface area contributed by atoms with Gasteiger partial charge in [-0.1, -0.05) is 42.5 Å². The Kier molecular flexibility index (Phi) is 6.42. The second-order valence-corrected chi connectivity index (χ2v) is 7.84. The number of hydrogen-bond donors (Lipinski definition) is 2. The van der Waals surface area contributed by atoms with Gasteiger partial charge in [-0.15, -0.1) is 0 Å². The highest BCUT2D eigenvalue weighted by Crippen LogP contribution is 2.33. The zero-order valence-corrected chi connectivity index (χ0v) is 18.9. The molecule has 0 bridgehead atoms. The minimum atomic E-state index is -4.64. The second-order valence-electron chi connectivity index (χ2n) is 7.84. The van der Waals surface area contributed by atoms with E-state index in [-0.39, 0.29) is 5.91 Å². The zero-order valence-electron chi connectivity index (χ0n) is 18.9. The number of nitrogens with zero attached hydrogens (tertiary/aromatic N) is 2. The first-order chi connectivity index (χ1) is 16.6. The van der Waals surface area contributed by atoms with Gasteiger partial charge in [0.15, 0.2) is 0 Å². The van der Waals surface area contributed by atoms with E-state index in [0.717, 1.165) is 17.7 Å². The number of amides is 2. The van der Waals surface area contributed by atoms with Crippen molar-refractivity contribution in [1.29, 1.82) is 0 Å². The second kappa shape index (κ2) is 9.46. The van der Waals surface area contributed by atoms with Gasteiger partial charge in [-0.25, -0.2) is 0 Å². The van der Waals surface area contributed by atoms with Crippen molar-refractivity contribution in [2.75, 3.05) is 10.6 Å². The van der Waals surface area contributed by atoms with Crippen LogP contribution in [0.3, 0.4) is 0 Å². The molecule has 1 aromatic heterocycles. The Morgan fingerprint density at radius 2 is 1.46 bits per heavy atom. The molecule has 0 aliphatic heterocycles. The molecule has 2 amide bonds. The van der Waals surface area contributed by atoms with Crippen LogP contribution >= 0.6 is 0 Å². The Morgan fingerprint density at radius 3 is 2.11 bits per heavy atom. The zero-order chi connectivity index (χ0) is 25.2. The Balaban J connectivity index is 1.53. The largest absolute Gasteiger partial charge is 0.417 e. The molecule has 0 unspecified atom stereocenters. The summed E-state index contributed by atoms with van der Waals surface area (Å²) in [6.07, 6.45) is -4.64. The lowest BCUT2D eigenvalue weighted by molar-refractivity contribution is -0.137. The van der Waals surface area contributed by atoms with Crippen molar-refractivity contribution in [2.45, 2.75) is 13.1 Å². The van der Waals surface area contributed by atoms with Crippen molar-refractivity contribution in [3.8, 4) is 11.3 Å². The van der Waals surface area contributed by atoms with E-state index in [1.165, 1.54) is 12.1 Å². The van der Waals surface area contributed by atoms with Crippen LogP contribution in [0.5, 0.6) is 0 Å². The molecular weight excluding hydrogens is 457 g/mol. The average molecular weight is 478 g/mol. The molecule has 0 saturated heterocycles. The predicted molar refractivity (Wildman–Crippen MR) is 127 cm³/mol. The Hall–Kier alpha value is -4.40. The number of anilines is 2. The molecule has 3 aromatic carbocycles. The number of hydrogen-bond acceptors (Lipinski definition) is 3. The minimum absolute atomic E-state index is 0.263. The molecule has 0 saturated carbocycles. The van der Waals surface area contributed by atoms with Crippen LogP contribution in [0.2, 0.25) is 0 Å². The number of rotatable bonds is 5. The number of carbonyl (C=O) groups excluding carboxylic acids is 2. The maximum atomic E-state index is 13.2. The number of nitrogens with one attached hydrogen (secondary N) is 2. The highest BCUT2D eigenvalue weighted by molar-refractivity contribution is 6.06. The fraction of sp³-hybridized carbons (Fsp3) is 0.115. The summed E-state index contributed by atoms with van der Waals surface area (Å²) in [5.74, 6) is -0.582. The average Bonchev–Trinajstić information content (AvgIpc) is 3.12. The highest BCUT2D eigenvalue weighted by Gasteiger charge is 2.34. The van der Waals surface area contributed by atoms with Crippen molar-refractivity contribution < 1.29 is 22.8 Å². The molecule has 9 heteroatoms. The van der Waals surface area contributed by atoms with E-state index in [1.54, 1.807) is 60.3 Å².